The molecule has 0 saturated carbocycles. The molecule has 0 aliphatic rings. The van der Waals surface area contributed by atoms with Crippen LogP contribution in [0.25, 0.3) is 0 Å². The summed E-state index contributed by atoms with van der Waals surface area (Å²) >= 11 is 0. The molecular weight excluding hydrogens is 198 g/mol. The quantitative estimate of drug-likeness (QED) is 0.827. The van der Waals surface area contributed by atoms with Crippen LogP contribution in [0.1, 0.15) is 24.9 Å². The van der Waals surface area contributed by atoms with Gasteiger partial charge >= 0.3 is 0 Å². The first-order valence-corrected chi connectivity index (χ1v) is 6.40. The molecule has 14 heavy (non-hydrogen) atoms. The van der Waals surface area contributed by atoms with E-state index in [0.717, 1.165) is 12.0 Å². The van der Waals surface area contributed by atoms with Crippen molar-refractivity contribution in [3.63, 3.8) is 0 Å². The van der Waals surface area contributed by atoms with E-state index in [1.165, 1.54) is 6.26 Å². The van der Waals surface area contributed by atoms with Crippen molar-refractivity contribution >= 4 is 9.84 Å². The minimum atomic E-state index is -3.12. The Labute approximate surface area is 84.9 Å². The van der Waals surface area contributed by atoms with Crippen LogP contribution in [-0.4, -0.2) is 14.7 Å². The van der Waals surface area contributed by atoms with E-state index in [0.29, 0.717) is 4.90 Å². The van der Waals surface area contributed by atoms with Gasteiger partial charge in [-0.3, -0.25) is 0 Å². The second-order valence-corrected chi connectivity index (χ2v) is 5.38. The molecule has 0 bridgehead atoms. The van der Waals surface area contributed by atoms with Crippen molar-refractivity contribution < 1.29 is 8.42 Å². The Bertz CT molecular complexity index is 412. The molecule has 0 aromatic heterocycles. The molecular formula is C10H15NO2S. The molecule has 78 valence electrons. The highest BCUT2D eigenvalue weighted by molar-refractivity contribution is 7.90. The van der Waals surface area contributed by atoms with Crippen molar-refractivity contribution in [1.29, 1.82) is 0 Å². The number of hydrogen-bond donors (Lipinski definition) is 1. The van der Waals surface area contributed by atoms with Gasteiger partial charge in [0.1, 0.15) is 0 Å². The zero-order chi connectivity index (χ0) is 10.8. The monoisotopic (exact) mass is 213 g/mol. The van der Waals surface area contributed by atoms with Gasteiger partial charge in [0.25, 0.3) is 0 Å². The van der Waals surface area contributed by atoms with E-state index in [-0.39, 0.29) is 6.04 Å². The van der Waals surface area contributed by atoms with Crippen LogP contribution in [0.15, 0.2) is 29.2 Å². The van der Waals surface area contributed by atoms with E-state index in [1.807, 2.05) is 13.0 Å². The molecule has 0 fully saturated rings. The third-order valence-corrected chi connectivity index (χ3v) is 3.26. The van der Waals surface area contributed by atoms with E-state index >= 15 is 0 Å². The van der Waals surface area contributed by atoms with Crippen molar-refractivity contribution in [2.45, 2.75) is 24.3 Å². The first-order valence-electron chi connectivity index (χ1n) is 4.50. The summed E-state index contributed by atoms with van der Waals surface area (Å²) < 4.78 is 22.5. The third-order valence-electron chi connectivity index (χ3n) is 2.15. The molecule has 2 N–H and O–H groups in total. The lowest BCUT2D eigenvalue weighted by molar-refractivity contribution is 0.601. The number of rotatable bonds is 3. The van der Waals surface area contributed by atoms with Gasteiger partial charge in [-0.1, -0.05) is 19.1 Å². The Morgan fingerprint density at radius 3 is 2.57 bits per heavy atom. The molecule has 1 rings (SSSR count). The third kappa shape index (κ3) is 2.56. The Balaban J connectivity index is 3.14. The van der Waals surface area contributed by atoms with Crippen LogP contribution in [0.4, 0.5) is 0 Å². The average Bonchev–Trinajstić information content (AvgIpc) is 2.15. The number of sulfone groups is 1. The second kappa shape index (κ2) is 4.11. The summed E-state index contributed by atoms with van der Waals surface area (Å²) in [6, 6.07) is 6.71. The van der Waals surface area contributed by atoms with Crippen LogP contribution < -0.4 is 5.73 Å². The smallest absolute Gasteiger partial charge is 0.175 e. The molecule has 0 aliphatic heterocycles. The second-order valence-electron chi connectivity index (χ2n) is 3.36. The van der Waals surface area contributed by atoms with E-state index in [4.69, 9.17) is 5.73 Å². The normalized spacial score (nSPS) is 13.9. The summed E-state index contributed by atoms with van der Waals surface area (Å²) in [6.07, 6.45) is 2.00. The molecule has 0 aliphatic carbocycles. The molecule has 0 radical (unpaired) electrons. The van der Waals surface area contributed by atoms with Gasteiger partial charge in [0.05, 0.1) is 4.90 Å². The van der Waals surface area contributed by atoms with Gasteiger partial charge in [0.15, 0.2) is 9.84 Å². The summed E-state index contributed by atoms with van der Waals surface area (Å²) in [5.41, 5.74) is 6.68. The highest BCUT2D eigenvalue weighted by Crippen LogP contribution is 2.17. The molecule has 1 aromatic rings. The molecule has 0 spiro atoms. The summed E-state index contributed by atoms with van der Waals surface area (Å²) in [7, 11) is -3.12. The molecule has 1 atom stereocenters. The topological polar surface area (TPSA) is 60.2 Å². The first-order chi connectivity index (χ1) is 6.45. The van der Waals surface area contributed by atoms with Crippen molar-refractivity contribution in [2.75, 3.05) is 6.26 Å². The Morgan fingerprint density at radius 2 is 2.07 bits per heavy atom. The fraction of sp³-hybridized carbons (Fsp3) is 0.400. The van der Waals surface area contributed by atoms with Crippen LogP contribution in [0.3, 0.4) is 0 Å². The highest BCUT2D eigenvalue weighted by atomic mass is 32.2. The van der Waals surface area contributed by atoms with Gasteiger partial charge in [-0.2, -0.15) is 0 Å². The van der Waals surface area contributed by atoms with Gasteiger partial charge in [-0.05, 0) is 24.1 Å². The van der Waals surface area contributed by atoms with E-state index < -0.39 is 9.84 Å². The lowest BCUT2D eigenvalue weighted by Crippen LogP contribution is -2.09. The largest absolute Gasteiger partial charge is 0.324 e. The maximum Gasteiger partial charge on any atom is 0.175 e. The fourth-order valence-electron chi connectivity index (χ4n) is 1.21. The standard InChI is InChI=1S/C10H15NO2S/c1-3-10(11)8-5-4-6-9(7-8)14(2,12)13/h4-7,10H,3,11H2,1-2H3/t10-/m1/s1. The number of benzene rings is 1. The van der Waals surface area contributed by atoms with Crippen LogP contribution in [-0.2, 0) is 9.84 Å². The van der Waals surface area contributed by atoms with Crippen LogP contribution >= 0.6 is 0 Å². The summed E-state index contributed by atoms with van der Waals surface area (Å²) in [5.74, 6) is 0. The summed E-state index contributed by atoms with van der Waals surface area (Å²) in [5, 5.41) is 0. The van der Waals surface area contributed by atoms with Crippen LogP contribution in [0.5, 0.6) is 0 Å². The minimum Gasteiger partial charge on any atom is -0.324 e. The van der Waals surface area contributed by atoms with E-state index in [1.54, 1.807) is 18.2 Å². The molecule has 3 nitrogen and oxygen atoms in total. The molecule has 0 unspecified atom stereocenters. The molecule has 4 heteroatoms. The van der Waals surface area contributed by atoms with Crippen molar-refractivity contribution in [1.82, 2.24) is 0 Å². The van der Waals surface area contributed by atoms with Crippen LogP contribution in [0, 0.1) is 0 Å². The van der Waals surface area contributed by atoms with Gasteiger partial charge < -0.3 is 5.73 Å². The van der Waals surface area contributed by atoms with E-state index in [9.17, 15) is 8.42 Å². The predicted octanol–water partition coefficient (Wildman–Crippen LogP) is 1.50. The predicted molar refractivity (Wildman–Crippen MR) is 56.8 cm³/mol. The fourth-order valence-corrected chi connectivity index (χ4v) is 1.89. The maximum atomic E-state index is 11.3. The zero-order valence-corrected chi connectivity index (χ0v) is 9.21. The SMILES string of the molecule is CC[C@@H](N)c1cccc(S(C)(=O)=O)c1. The highest BCUT2D eigenvalue weighted by Gasteiger charge is 2.09. The minimum absolute atomic E-state index is 0.0864. The van der Waals surface area contributed by atoms with Crippen LogP contribution in [0.2, 0.25) is 0 Å². The number of nitrogens with two attached hydrogens (primary N) is 1. The van der Waals surface area contributed by atoms with Crippen molar-refractivity contribution in [3.05, 3.63) is 29.8 Å². The maximum absolute atomic E-state index is 11.3. The first kappa shape index (κ1) is 11.2. The Kier molecular flexibility index (Phi) is 3.29. The lowest BCUT2D eigenvalue weighted by atomic mass is 10.1. The lowest BCUT2D eigenvalue weighted by Gasteiger charge is -2.09. The van der Waals surface area contributed by atoms with Gasteiger partial charge in [-0.15, -0.1) is 0 Å². The average molecular weight is 213 g/mol. The Morgan fingerprint density at radius 1 is 1.43 bits per heavy atom. The molecule has 0 heterocycles. The summed E-state index contributed by atoms with van der Waals surface area (Å²) in [6.45, 7) is 1.97. The van der Waals surface area contributed by atoms with Crippen molar-refractivity contribution in [3.8, 4) is 0 Å². The van der Waals surface area contributed by atoms with Gasteiger partial charge in [0, 0.05) is 12.3 Å². The van der Waals surface area contributed by atoms with Gasteiger partial charge in [0.2, 0.25) is 0 Å². The number of hydrogen-bond acceptors (Lipinski definition) is 3. The molecule has 0 amide bonds. The van der Waals surface area contributed by atoms with Gasteiger partial charge in [-0.25, -0.2) is 8.42 Å². The Hall–Kier alpha value is -0.870. The van der Waals surface area contributed by atoms with Crippen molar-refractivity contribution in [2.24, 2.45) is 5.73 Å². The van der Waals surface area contributed by atoms with E-state index in [2.05, 4.69) is 0 Å². The molecule has 0 saturated heterocycles. The summed E-state index contributed by atoms with van der Waals surface area (Å²) in [4.78, 5) is 0.332. The molecule has 1 aromatic carbocycles. The zero-order valence-electron chi connectivity index (χ0n) is 8.40.